The zero-order valence-electron chi connectivity index (χ0n) is 13.1. The van der Waals surface area contributed by atoms with Gasteiger partial charge < -0.3 is 10.3 Å². The average Bonchev–Trinajstić information content (AvgIpc) is 2.38. The molecule has 0 bridgehead atoms. The first-order valence-electron chi connectivity index (χ1n) is 7.66. The molecular weight excluding hydrogens is 250 g/mol. The third-order valence-corrected chi connectivity index (χ3v) is 4.18. The summed E-state index contributed by atoms with van der Waals surface area (Å²) >= 11 is 0. The lowest BCUT2D eigenvalue weighted by Crippen LogP contribution is -2.34. The lowest BCUT2D eigenvalue weighted by molar-refractivity contribution is 0.318. The number of nitrogens with one attached hydrogen (secondary N) is 1. The highest BCUT2D eigenvalue weighted by Crippen LogP contribution is 2.31. The van der Waals surface area contributed by atoms with Gasteiger partial charge in [-0.3, -0.25) is 0 Å². The molecule has 0 unspecified atom stereocenters. The van der Waals surface area contributed by atoms with Gasteiger partial charge >= 0.3 is 0 Å². The second-order valence-corrected chi connectivity index (χ2v) is 6.01. The van der Waals surface area contributed by atoms with E-state index < -0.39 is 0 Å². The zero-order valence-corrected chi connectivity index (χ0v) is 13.1. The number of nitrogen functional groups attached to an aromatic ring is 1. The van der Waals surface area contributed by atoms with Crippen molar-refractivity contribution >= 4 is 11.6 Å². The van der Waals surface area contributed by atoms with Gasteiger partial charge in [-0.05, 0) is 32.6 Å². The minimum absolute atomic E-state index is 0.295. The number of hydrogen-bond acceptors (Lipinski definition) is 5. The molecule has 0 amide bonds. The van der Waals surface area contributed by atoms with Crippen LogP contribution in [0.1, 0.15) is 57.3 Å². The van der Waals surface area contributed by atoms with Gasteiger partial charge in [0, 0.05) is 24.6 Å². The maximum atomic E-state index is 5.61. The summed E-state index contributed by atoms with van der Waals surface area (Å²) < 4.78 is 0. The zero-order chi connectivity index (χ0) is 14.7. The molecule has 1 aromatic rings. The second kappa shape index (κ2) is 6.39. The number of hydrazine groups is 1. The van der Waals surface area contributed by atoms with Crippen LogP contribution in [0.4, 0.5) is 11.6 Å². The molecule has 112 valence electrons. The highest BCUT2D eigenvalue weighted by molar-refractivity contribution is 5.58. The van der Waals surface area contributed by atoms with Crippen LogP contribution in [0, 0.1) is 12.8 Å². The van der Waals surface area contributed by atoms with Gasteiger partial charge in [0.2, 0.25) is 0 Å². The smallest absolute Gasteiger partial charge is 0.148 e. The molecule has 0 saturated heterocycles. The molecule has 5 nitrogen and oxygen atoms in total. The third-order valence-electron chi connectivity index (χ3n) is 4.18. The molecule has 5 heteroatoms. The Hall–Kier alpha value is -1.36. The van der Waals surface area contributed by atoms with E-state index in [1.165, 1.54) is 19.3 Å². The van der Waals surface area contributed by atoms with Crippen molar-refractivity contribution in [3.05, 3.63) is 11.4 Å². The molecule has 1 heterocycles. The van der Waals surface area contributed by atoms with Crippen LogP contribution in [0.3, 0.4) is 0 Å². The van der Waals surface area contributed by atoms with Crippen LogP contribution in [-0.4, -0.2) is 23.1 Å². The summed E-state index contributed by atoms with van der Waals surface area (Å²) in [5.74, 6) is 9.35. The Morgan fingerprint density at radius 2 is 2.05 bits per heavy atom. The minimum atomic E-state index is 0.295. The first-order valence-corrected chi connectivity index (χ1v) is 7.66. The number of nitrogens with two attached hydrogens (primary N) is 1. The van der Waals surface area contributed by atoms with Crippen molar-refractivity contribution in [3.8, 4) is 0 Å². The monoisotopic (exact) mass is 277 g/mol. The minimum Gasteiger partial charge on any atom is -0.356 e. The summed E-state index contributed by atoms with van der Waals surface area (Å²) in [5.41, 5.74) is 3.75. The Morgan fingerprint density at radius 1 is 1.35 bits per heavy atom. The molecule has 1 aromatic heterocycles. The summed E-state index contributed by atoms with van der Waals surface area (Å²) in [7, 11) is 0. The summed E-state index contributed by atoms with van der Waals surface area (Å²) in [4.78, 5) is 11.7. The number of aromatic nitrogens is 2. The normalized spacial score (nSPS) is 15.3. The fourth-order valence-corrected chi connectivity index (χ4v) is 2.58. The van der Waals surface area contributed by atoms with E-state index in [1.807, 2.05) is 6.92 Å². The number of anilines is 2. The average molecular weight is 277 g/mol. The highest BCUT2D eigenvalue weighted by Gasteiger charge is 2.23. The van der Waals surface area contributed by atoms with Crippen LogP contribution >= 0.6 is 0 Å². The lowest BCUT2D eigenvalue weighted by Gasteiger charge is -2.33. The summed E-state index contributed by atoms with van der Waals surface area (Å²) in [6, 6.07) is 0. The summed E-state index contributed by atoms with van der Waals surface area (Å²) in [5, 5.41) is 0. The SMILES string of the molecule is CCN(CC1CCC1)c1nc(C(C)C)nc(NN)c1C. The Kier molecular flexibility index (Phi) is 4.81. The summed E-state index contributed by atoms with van der Waals surface area (Å²) in [6.07, 6.45) is 4.07. The van der Waals surface area contributed by atoms with E-state index in [4.69, 9.17) is 10.8 Å². The molecule has 2 rings (SSSR count). The lowest BCUT2D eigenvalue weighted by atomic mass is 9.85. The van der Waals surface area contributed by atoms with Crippen LogP contribution in [0.5, 0.6) is 0 Å². The Labute approximate surface area is 121 Å². The largest absolute Gasteiger partial charge is 0.356 e. The Morgan fingerprint density at radius 3 is 2.50 bits per heavy atom. The van der Waals surface area contributed by atoms with Crippen molar-refractivity contribution < 1.29 is 0 Å². The van der Waals surface area contributed by atoms with E-state index in [9.17, 15) is 0 Å². The fourth-order valence-electron chi connectivity index (χ4n) is 2.58. The number of nitrogens with zero attached hydrogens (tertiary/aromatic N) is 3. The molecule has 0 atom stereocenters. The molecule has 3 N–H and O–H groups in total. The predicted octanol–water partition coefficient (Wildman–Crippen LogP) is 2.82. The van der Waals surface area contributed by atoms with E-state index >= 15 is 0 Å². The molecule has 0 spiro atoms. The first-order chi connectivity index (χ1) is 9.56. The highest BCUT2D eigenvalue weighted by atomic mass is 15.3. The molecule has 0 aliphatic heterocycles. The molecule has 1 saturated carbocycles. The van der Waals surface area contributed by atoms with E-state index in [2.05, 4.69) is 36.1 Å². The van der Waals surface area contributed by atoms with Crippen molar-refractivity contribution in [2.24, 2.45) is 11.8 Å². The quantitative estimate of drug-likeness (QED) is 0.618. The first kappa shape index (κ1) is 15.0. The van der Waals surface area contributed by atoms with E-state index in [1.54, 1.807) is 0 Å². The molecule has 20 heavy (non-hydrogen) atoms. The Bertz CT molecular complexity index is 454. The van der Waals surface area contributed by atoms with Gasteiger partial charge in [-0.2, -0.15) is 0 Å². The molecule has 1 aliphatic rings. The summed E-state index contributed by atoms with van der Waals surface area (Å²) in [6.45, 7) is 10.5. The second-order valence-electron chi connectivity index (χ2n) is 6.01. The number of rotatable bonds is 6. The van der Waals surface area contributed by atoms with Gasteiger partial charge in [0.1, 0.15) is 17.5 Å². The molecule has 1 fully saturated rings. The maximum absolute atomic E-state index is 5.61. The third kappa shape index (κ3) is 3.03. The molecular formula is C15H27N5. The van der Waals surface area contributed by atoms with Crippen molar-refractivity contribution in [1.29, 1.82) is 0 Å². The van der Waals surface area contributed by atoms with E-state index in [-0.39, 0.29) is 0 Å². The molecule has 1 aliphatic carbocycles. The topological polar surface area (TPSA) is 67.1 Å². The van der Waals surface area contributed by atoms with Crippen LogP contribution in [0.25, 0.3) is 0 Å². The van der Waals surface area contributed by atoms with Gasteiger partial charge in [0.25, 0.3) is 0 Å². The van der Waals surface area contributed by atoms with Crippen LogP contribution in [0.2, 0.25) is 0 Å². The van der Waals surface area contributed by atoms with Crippen LogP contribution in [-0.2, 0) is 0 Å². The standard InChI is InChI=1S/C15H27N5/c1-5-20(9-12-7-6-8-12)15-11(4)14(19-16)17-13(18-15)10(2)3/h10,12H,5-9,16H2,1-4H3,(H,17,18,19). The van der Waals surface area contributed by atoms with Crippen molar-refractivity contribution in [3.63, 3.8) is 0 Å². The van der Waals surface area contributed by atoms with Crippen LogP contribution in [0.15, 0.2) is 0 Å². The van der Waals surface area contributed by atoms with Gasteiger partial charge in [-0.1, -0.05) is 20.3 Å². The van der Waals surface area contributed by atoms with Gasteiger partial charge in [0.05, 0.1) is 0 Å². The van der Waals surface area contributed by atoms with Crippen molar-refractivity contribution in [1.82, 2.24) is 9.97 Å². The van der Waals surface area contributed by atoms with E-state index in [0.29, 0.717) is 5.92 Å². The predicted molar refractivity (Wildman–Crippen MR) is 83.9 cm³/mol. The van der Waals surface area contributed by atoms with Gasteiger partial charge in [0.15, 0.2) is 0 Å². The number of hydrogen-bond donors (Lipinski definition) is 2. The molecule has 0 radical (unpaired) electrons. The van der Waals surface area contributed by atoms with Gasteiger partial charge in [-0.15, -0.1) is 0 Å². The Balaban J connectivity index is 2.33. The fraction of sp³-hybridized carbons (Fsp3) is 0.733. The maximum Gasteiger partial charge on any atom is 0.148 e. The van der Waals surface area contributed by atoms with Crippen molar-refractivity contribution in [2.45, 2.75) is 52.9 Å². The van der Waals surface area contributed by atoms with E-state index in [0.717, 1.165) is 42.0 Å². The molecule has 0 aromatic carbocycles. The van der Waals surface area contributed by atoms with Crippen molar-refractivity contribution in [2.75, 3.05) is 23.4 Å². The van der Waals surface area contributed by atoms with Gasteiger partial charge in [-0.25, -0.2) is 15.8 Å². The van der Waals surface area contributed by atoms with Crippen LogP contribution < -0.4 is 16.2 Å².